The quantitative estimate of drug-likeness (QED) is 0.530. The monoisotopic (exact) mass is 270 g/mol. The summed E-state index contributed by atoms with van der Waals surface area (Å²) in [5, 5.41) is 14.7. The van der Waals surface area contributed by atoms with Crippen molar-refractivity contribution in [1.29, 1.82) is 0 Å². The van der Waals surface area contributed by atoms with E-state index in [9.17, 15) is 9.59 Å². The van der Waals surface area contributed by atoms with E-state index in [1.54, 1.807) is 4.90 Å². The maximum atomic E-state index is 12.1. The van der Waals surface area contributed by atoms with Crippen LogP contribution in [0.25, 0.3) is 0 Å². The molecule has 2 aliphatic heterocycles. The molecule has 2 fully saturated rings. The smallest absolute Gasteiger partial charge is 0.237 e. The molecule has 2 saturated heterocycles. The summed E-state index contributed by atoms with van der Waals surface area (Å²) in [7, 11) is 0. The van der Waals surface area contributed by atoms with Gasteiger partial charge in [-0.25, -0.2) is 0 Å². The van der Waals surface area contributed by atoms with Gasteiger partial charge in [0.05, 0.1) is 19.1 Å². The van der Waals surface area contributed by atoms with E-state index < -0.39 is 6.04 Å². The second-order valence-corrected chi connectivity index (χ2v) is 4.95. The number of aliphatic hydroxyl groups excluding tert-OH is 1. The largest absolute Gasteiger partial charge is 0.395 e. The van der Waals surface area contributed by atoms with E-state index in [1.165, 1.54) is 0 Å². The average molecular weight is 270 g/mol. The molecule has 1 atom stereocenters. The van der Waals surface area contributed by atoms with Gasteiger partial charge in [-0.3, -0.25) is 14.5 Å². The van der Waals surface area contributed by atoms with E-state index in [2.05, 4.69) is 15.5 Å². The molecule has 0 aliphatic carbocycles. The molecule has 0 saturated carbocycles. The molecule has 7 heteroatoms. The predicted molar refractivity (Wildman–Crippen MR) is 69.5 cm³/mol. The van der Waals surface area contributed by atoms with Crippen LogP contribution in [0, 0.1) is 0 Å². The Balaban J connectivity index is 1.76. The lowest BCUT2D eigenvalue weighted by Gasteiger charge is -2.35. The summed E-state index contributed by atoms with van der Waals surface area (Å²) >= 11 is 0. The van der Waals surface area contributed by atoms with Crippen molar-refractivity contribution in [2.75, 3.05) is 52.4 Å². The first-order valence-electron chi connectivity index (χ1n) is 6.83. The first kappa shape index (κ1) is 14.2. The number of rotatable bonds is 4. The SMILES string of the molecule is O=C1NCCNC1CC(=O)N1CCN(CCO)CC1. The van der Waals surface area contributed by atoms with E-state index in [1.807, 2.05) is 0 Å². The fourth-order valence-electron chi connectivity index (χ4n) is 2.48. The summed E-state index contributed by atoms with van der Waals surface area (Å²) in [4.78, 5) is 27.6. The molecule has 2 aliphatic rings. The molecule has 2 amide bonds. The van der Waals surface area contributed by atoms with Gasteiger partial charge in [-0.15, -0.1) is 0 Å². The van der Waals surface area contributed by atoms with Crippen LogP contribution in [-0.4, -0.2) is 85.2 Å². The van der Waals surface area contributed by atoms with Gasteiger partial charge >= 0.3 is 0 Å². The average Bonchev–Trinajstić information content (AvgIpc) is 2.42. The van der Waals surface area contributed by atoms with Gasteiger partial charge < -0.3 is 20.6 Å². The Morgan fingerprint density at radius 2 is 2.00 bits per heavy atom. The van der Waals surface area contributed by atoms with Crippen LogP contribution in [0.2, 0.25) is 0 Å². The van der Waals surface area contributed by atoms with Gasteiger partial charge in [0.1, 0.15) is 0 Å². The van der Waals surface area contributed by atoms with Crippen LogP contribution in [0.3, 0.4) is 0 Å². The molecule has 0 aromatic rings. The maximum absolute atomic E-state index is 12.1. The Morgan fingerprint density at radius 3 is 2.63 bits per heavy atom. The number of β-amino-alcohol motifs (C(OH)–C–C–N with tert-alkyl or cyclic N) is 1. The number of amides is 2. The zero-order valence-electron chi connectivity index (χ0n) is 11.1. The lowest BCUT2D eigenvalue weighted by Crippen LogP contribution is -2.56. The van der Waals surface area contributed by atoms with Crippen molar-refractivity contribution in [1.82, 2.24) is 20.4 Å². The van der Waals surface area contributed by atoms with Crippen LogP contribution in [0.1, 0.15) is 6.42 Å². The number of piperazine rings is 2. The van der Waals surface area contributed by atoms with Crippen molar-refractivity contribution in [2.24, 2.45) is 0 Å². The number of nitrogens with one attached hydrogen (secondary N) is 2. The highest BCUT2D eigenvalue weighted by Crippen LogP contribution is 2.06. The number of carbonyl (C=O) groups is 2. The molecule has 0 aromatic heterocycles. The minimum atomic E-state index is -0.392. The molecule has 2 heterocycles. The van der Waals surface area contributed by atoms with Crippen molar-refractivity contribution >= 4 is 11.8 Å². The van der Waals surface area contributed by atoms with Crippen LogP contribution < -0.4 is 10.6 Å². The summed E-state index contributed by atoms with van der Waals surface area (Å²) in [5.41, 5.74) is 0. The van der Waals surface area contributed by atoms with E-state index >= 15 is 0 Å². The van der Waals surface area contributed by atoms with Crippen LogP contribution in [0.5, 0.6) is 0 Å². The highest BCUT2D eigenvalue weighted by atomic mass is 16.3. The number of hydrogen-bond donors (Lipinski definition) is 3. The minimum Gasteiger partial charge on any atom is -0.395 e. The van der Waals surface area contributed by atoms with Gasteiger partial charge in [0.2, 0.25) is 11.8 Å². The van der Waals surface area contributed by atoms with E-state index in [4.69, 9.17) is 5.11 Å². The molecule has 108 valence electrons. The highest BCUT2D eigenvalue weighted by Gasteiger charge is 2.28. The van der Waals surface area contributed by atoms with Gasteiger partial charge in [-0.2, -0.15) is 0 Å². The Labute approximate surface area is 112 Å². The fourth-order valence-corrected chi connectivity index (χ4v) is 2.48. The molecule has 0 spiro atoms. The molecular formula is C12H22N4O3. The van der Waals surface area contributed by atoms with Crippen LogP contribution in [-0.2, 0) is 9.59 Å². The number of carbonyl (C=O) groups excluding carboxylic acids is 2. The lowest BCUT2D eigenvalue weighted by atomic mass is 10.1. The topological polar surface area (TPSA) is 84.9 Å². The number of aliphatic hydroxyl groups is 1. The normalized spacial score (nSPS) is 25.2. The third kappa shape index (κ3) is 3.89. The summed E-state index contributed by atoms with van der Waals surface area (Å²) < 4.78 is 0. The van der Waals surface area contributed by atoms with Crippen LogP contribution in [0.4, 0.5) is 0 Å². The lowest BCUT2D eigenvalue weighted by molar-refractivity contribution is -0.136. The highest BCUT2D eigenvalue weighted by molar-refractivity contribution is 5.88. The Morgan fingerprint density at radius 1 is 1.26 bits per heavy atom. The molecular weight excluding hydrogens is 248 g/mol. The van der Waals surface area contributed by atoms with Crippen molar-refractivity contribution < 1.29 is 14.7 Å². The van der Waals surface area contributed by atoms with Gasteiger partial charge in [0.15, 0.2) is 0 Å². The van der Waals surface area contributed by atoms with Crippen LogP contribution in [0.15, 0.2) is 0 Å². The maximum Gasteiger partial charge on any atom is 0.237 e. The third-order valence-corrected chi connectivity index (χ3v) is 3.65. The summed E-state index contributed by atoms with van der Waals surface area (Å²) in [6.45, 7) is 5.08. The number of nitrogens with zero attached hydrogens (tertiary/aromatic N) is 2. The van der Waals surface area contributed by atoms with Crippen LogP contribution >= 0.6 is 0 Å². The van der Waals surface area contributed by atoms with Gasteiger partial charge in [0, 0.05) is 45.8 Å². The Kier molecular flexibility index (Phi) is 5.12. The third-order valence-electron chi connectivity index (χ3n) is 3.65. The second kappa shape index (κ2) is 6.83. The molecule has 0 aromatic carbocycles. The van der Waals surface area contributed by atoms with Crippen molar-refractivity contribution in [3.63, 3.8) is 0 Å². The first-order valence-corrected chi connectivity index (χ1v) is 6.83. The first-order chi connectivity index (χ1) is 9.20. The van der Waals surface area contributed by atoms with Crippen molar-refractivity contribution in [2.45, 2.75) is 12.5 Å². The summed E-state index contributed by atoms with van der Waals surface area (Å²) in [6.07, 6.45) is 0.228. The standard InChI is InChI=1S/C12H22N4O3/c17-8-7-15-3-5-16(6-4-15)11(18)9-10-12(19)14-2-1-13-10/h10,13,17H,1-9H2,(H,14,19). The van der Waals surface area contributed by atoms with E-state index in [0.717, 1.165) is 13.1 Å². The van der Waals surface area contributed by atoms with Gasteiger partial charge in [-0.1, -0.05) is 0 Å². The Hall–Kier alpha value is -1.18. The fraction of sp³-hybridized carbons (Fsp3) is 0.833. The molecule has 3 N–H and O–H groups in total. The molecule has 0 bridgehead atoms. The van der Waals surface area contributed by atoms with Gasteiger partial charge in [0.25, 0.3) is 0 Å². The van der Waals surface area contributed by atoms with E-state index in [0.29, 0.717) is 32.7 Å². The second-order valence-electron chi connectivity index (χ2n) is 4.95. The zero-order chi connectivity index (χ0) is 13.7. The molecule has 1 unspecified atom stereocenters. The van der Waals surface area contributed by atoms with Crippen molar-refractivity contribution in [3.05, 3.63) is 0 Å². The summed E-state index contributed by atoms with van der Waals surface area (Å²) in [6, 6.07) is -0.392. The molecule has 2 rings (SSSR count). The molecule has 7 nitrogen and oxygen atoms in total. The number of hydrogen-bond acceptors (Lipinski definition) is 5. The van der Waals surface area contributed by atoms with Crippen molar-refractivity contribution in [3.8, 4) is 0 Å². The Bertz CT molecular complexity index is 329. The predicted octanol–water partition coefficient (Wildman–Crippen LogP) is -2.40. The van der Waals surface area contributed by atoms with E-state index in [-0.39, 0.29) is 24.8 Å². The zero-order valence-corrected chi connectivity index (χ0v) is 11.1. The minimum absolute atomic E-state index is 0.0261. The molecule has 19 heavy (non-hydrogen) atoms. The summed E-state index contributed by atoms with van der Waals surface area (Å²) in [5.74, 6) is -0.0586. The van der Waals surface area contributed by atoms with Gasteiger partial charge in [-0.05, 0) is 0 Å². The molecule has 0 radical (unpaired) electrons.